The van der Waals surface area contributed by atoms with Gasteiger partial charge in [-0.1, -0.05) is 18.2 Å². The number of nitrogens with zero attached hydrogens (tertiary/aromatic N) is 1. The fourth-order valence-electron chi connectivity index (χ4n) is 1.69. The van der Waals surface area contributed by atoms with E-state index in [-0.39, 0.29) is 10.6 Å². The summed E-state index contributed by atoms with van der Waals surface area (Å²) in [6.45, 7) is 1.95. The summed E-state index contributed by atoms with van der Waals surface area (Å²) in [5.41, 5.74) is 8.83. The molecule has 5 heteroatoms. The maximum atomic E-state index is 11.0. The van der Waals surface area contributed by atoms with Gasteiger partial charge in [0.1, 0.15) is 5.69 Å². The zero-order chi connectivity index (χ0) is 13.1. The zero-order valence-electron chi connectivity index (χ0n) is 9.92. The van der Waals surface area contributed by atoms with E-state index in [0.717, 1.165) is 5.56 Å². The Labute approximate surface area is 104 Å². The molecule has 0 aliphatic heterocycles. The van der Waals surface area contributed by atoms with Crippen molar-refractivity contribution in [2.75, 3.05) is 11.1 Å². The second kappa shape index (κ2) is 4.75. The monoisotopic (exact) mass is 244 g/mol. The Morgan fingerprint density at radius 2 is 1.89 bits per heavy atom. The van der Waals surface area contributed by atoms with Crippen LogP contribution in [0.1, 0.15) is 5.56 Å². The fraction of sp³-hybridized carbons (Fsp3) is 0.0769. The van der Waals surface area contributed by atoms with Crippen LogP contribution in [0.5, 0.6) is 0 Å². The fourth-order valence-corrected chi connectivity index (χ4v) is 1.69. The lowest BCUT2D eigenvalue weighted by atomic mass is 10.2. The van der Waals surface area contributed by atoms with Crippen molar-refractivity contribution in [2.24, 2.45) is 0 Å². The molecule has 0 bridgehead atoms. The number of rotatable bonds is 3. The van der Waals surface area contributed by atoms with Crippen molar-refractivity contribution < 1.29 is 10.1 Å². The second-order valence-corrected chi connectivity index (χ2v) is 4.01. The quantitative estimate of drug-likeness (QED) is 0.572. The summed E-state index contributed by atoms with van der Waals surface area (Å²) < 4.78 is 0. The van der Waals surface area contributed by atoms with Crippen molar-refractivity contribution >= 4 is 22.7 Å². The summed E-state index contributed by atoms with van der Waals surface area (Å²) in [7, 11) is 0. The average Bonchev–Trinajstić information content (AvgIpc) is 2.33. The average molecular weight is 244 g/mol. The van der Waals surface area contributed by atoms with Crippen molar-refractivity contribution in [3.05, 3.63) is 52.9 Å². The van der Waals surface area contributed by atoms with E-state index in [2.05, 4.69) is 5.32 Å². The van der Waals surface area contributed by atoms with Gasteiger partial charge in [0.15, 0.2) is 0 Å². The molecule has 0 heterocycles. The molecule has 0 radical (unpaired) electrons. The Morgan fingerprint density at radius 1 is 1.17 bits per heavy atom. The highest BCUT2D eigenvalue weighted by molar-refractivity contribution is 5.77. The molecule has 0 aliphatic carbocycles. The number of hydrogen-bond acceptors (Lipinski definition) is 3. The normalized spacial score (nSPS) is 10.1. The van der Waals surface area contributed by atoms with Crippen molar-refractivity contribution in [3.63, 3.8) is 0 Å². The number of hydrogen-bond donors (Lipinski definition) is 3. The van der Waals surface area contributed by atoms with Gasteiger partial charge in [0.25, 0.3) is 4.92 Å². The third-order valence-corrected chi connectivity index (χ3v) is 2.59. The van der Waals surface area contributed by atoms with Crippen molar-refractivity contribution in [2.45, 2.75) is 6.92 Å². The molecule has 0 saturated carbocycles. The van der Waals surface area contributed by atoms with E-state index in [0.29, 0.717) is 17.1 Å². The van der Waals surface area contributed by atoms with Crippen molar-refractivity contribution in [1.29, 1.82) is 0 Å². The number of nitrogens with two attached hydrogens (primary N) is 1. The first-order chi connectivity index (χ1) is 8.58. The molecule has 2 rings (SSSR count). The smallest absolute Gasteiger partial charge is 0.339 e. The van der Waals surface area contributed by atoms with E-state index >= 15 is 0 Å². The zero-order valence-corrected chi connectivity index (χ0v) is 9.92. The highest BCUT2D eigenvalue weighted by Gasteiger charge is 2.17. The van der Waals surface area contributed by atoms with Crippen LogP contribution < -0.4 is 11.1 Å². The Bertz CT molecular complexity index is 597. The van der Waals surface area contributed by atoms with Crippen LogP contribution in [0.2, 0.25) is 0 Å². The van der Waals surface area contributed by atoms with Gasteiger partial charge in [-0.2, -0.15) is 0 Å². The summed E-state index contributed by atoms with van der Waals surface area (Å²) in [4.78, 5) is 10.8. The van der Waals surface area contributed by atoms with Gasteiger partial charge >= 0.3 is 5.69 Å². The first-order valence-corrected chi connectivity index (χ1v) is 5.46. The molecule has 0 unspecified atom stereocenters. The molecule has 0 atom stereocenters. The van der Waals surface area contributed by atoms with Crippen LogP contribution in [-0.4, -0.2) is 10.1 Å². The molecular weight excluding hydrogens is 230 g/mol. The predicted octanol–water partition coefficient (Wildman–Crippen LogP) is 3.12. The summed E-state index contributed by atoms with van der Waals surface area (Å²) in [6.07, 6.45) is 0. The minimum atomic E-state index is -0.174. The summed E-state index contributed by atoms with van der Waals surface area (Å²) >= 11 is 0. The van der Waals surface area contributed by atoms with Crippen LogP contribution in [0, 0.1) is 11.8 Å². The number of nitrogen functional groups attached to an aromatic ring is 1. The van der Waals surface area contributed by atoms with Crippen molar-refractivity contribution in [1.82, 2.24) is 0 Å². The number of aryl methyl sites for hydroxylation is 1. The van der Waals surface area contributed by atoms with E-state index in [1.165, 1.54) is 6.07 Å². The van der Waals surface area contributed by atoms with Gasteiger partial charge < -0.3 is 11.1 Å². The third-order valence-electron chi connectivity index (χ3n) is 2.59. The van der Waals surface area contributed by atoms with Crippen LogP contribution in [0.25, 0.3) is 0 Å². The van der Waals surface area contributed by atoms with Crippen molar-refractivity contribution in [3.8, 4) is 0 Å². The molecule has 18 heavy (non-hydrogen) atoms. The molecule has 0 saturated heterocycles. The predicted molar refractivity (Wildman–Crippen MR) is 70.4 cm³/mol. The minimum absolute atomic E-state index is 0.137. The standard InChI is InChI=1S/C13H14N3O2/c1-9-6-7-11(10(14)8-9)15-12-4-2-3-5-13(12)16(17)18/h2-8,15H,14H2,1H3,(H,17,18)/q+1. The topological polar surface area (TPSA) is 78.4 Å². The first kappa shape index (κ1) is 11.9. The van der Waals surface area contributed by atoms with Crippen LogP contribution in [0.4, 0.5) is 22.7 Å². The highest BCUT2D eigenvalue weighted by atomic mass is 16.6. The van der Waals surface area contributed by atoms with Gasteiger partial charge in [0.05, 0.1) is 16.3 Å². The molecule has 4 N–H and O–H groups in total. The molecule has 0 amide bonds. The van der Waals surface area contributed by atoms with Gasteiger partial charge in [-0.05, 0) is 30.7 Å². The van der Waals surface area contributed by atoms with Crippen LogP contribution in [0.3, 0.4) is 0 Å². The van der Waals surface area contributed by atoms with Gasteiger partial charge in [0.2, 0.25) is 0 Å². The summed E-state index contributed by atoms with van der Waals surface area (Å²) in [5.74, 6) is 0. The SMILES string of the molecule is Cc1ccc(Nc2ccccc2[N+](=O)O)c(N)c1. The van der Waals surface area contributed by atoms with Gasteiger partial charge in [-0.3, -0.25) is 0 Å². The number of nitrogens with one attached hydrogen (secondary N) is 1. The van der Waals surface area contributed by atoms with Gasteiger partial charge in [-0.25, -0.2) is 5.21 Å². The molecule has 0 fully saturated rings. The molecule has 0 aromatic heterocycles. The van der Waals surface area contributed by atoms with Crippen LogP contribution in [-0.2, 0) is 0 Å². The summed E-state index contributed by atoms with van der Waals surface area (Å²) in [5, 5.41) is 12.0. The lowest BCUT2D eigenvalue weighted by molar-refractivity contribution is -0.729. The number of anilines is 3. The molecule has 92 valence electrons. The summed E-state index contributed by atoms with van der Waals surface area (Å²) in [6, 6.07) is 12.2. The molecule has 2 aromatic rings. The maximum Gasteiger partial charge on any atom is 0.339 e. The Hall–Kier alpha value is -2.56. The number of benzene rings is 2. The maximum absolute atomic E-state index is 11.0. The minimum Gasteiger partial charge on any atom is -0.397 e. The largest absolute Gasteiger partial charge is 0.397 e. The van der Waals surface area contributed by atoms with E-state index in [1.807, 2.05) is 25.1 Å². The molecule has 0 spiro atoms. The molecular formula is C13H14N3O2+. The van der Waals surface area contributed by atoms with E-state index in [1.54, 1.807) is 18.2 Å². The van der Waals surface area contributed by atoms with Gasteiger partial charge in [-0.15, -0.1) is 0 Å². The second-order valence-electron chi connectivity index (χ2n) is 4.01. The first-order valence-electron chi connectivity index (χ1n) is 5.46. The Kier molecular flexibility index (Phi) is 3.14. The van der Waals surface area contributed by atoms with E-state index < -0.39 is 0 Å². The Morgan fingerprint density at radius 3 is 2.56 bits per heavy atom. The number of para-hydroxylation sites is 2. The van der Waals surface area contributed by atoms with E-state index in [9.17, 15) is 4.91 Å². The van der Waals surface area contributed by atoms with Crippen LogP contribution in [0.15, 0.2) is 42.5 Å². The highest BCUT2D eigenvalue weighted by Crippen LogP contribution is 2.29. The third kappa shape index (κ3) is 2.40. The molecule has 2 aromatic carbocycles. The lowest BCUT2D eigenvalue weighted by Gasteiger charge is -2.09. The molecule has 5 nitrogen and oxygen atoms in total. The van der Waals surface area contributed by atoms with Gasteiger partial charge in [0, 0.05) is 6.07 Å². The van der Waals surface area contributed by atoms with E-state index in [4.69, 9.17) is 10.9 Å². The molecule has 0 aliphatic rings. The Balaban J connectivity index is 2.37. The lowest BCUT2D eigenvalue weighted by Crippen LogP contribution is -2.00. The van der Waals surface area contributed by atoms with Crippen LogP contribution >= 0.6 is 0 Å².